The monoisotopic (exact) mass is 187 g/mol. The first-order valence-corrected chi connectivity index (χ1v) is 4.79. The van der Waals surface area contributed by atoms with E-state index < -0.39 is 0 Å². The molecular weight excluding hydrogens is 174 g/mol. The quantitative estimate of drug-likeness (QED) is 0.651. The van der Waals surface area contributed by atoms with E-state index in [-0.39, 0.29) is 6.10 Å². The van der Waals surface area contributed by atoms with Gasteiger partial charge in [0.25, 0.3) is 0 Å². The third kappa shape index (κ3) is 1.84. The van der Waals surface area contributed by atoms with Gasteiger partial charge in [0.2, 0.25) is 5.90 Å². The fourth-order valence-corrected chi connectivity index (χ4v) is 1.44. The summed E-state index contributed by atoms with van der Waals surface area (Å²) in [5.74, 6) is 0.738. The van der Waals surface area contributed by atoms with E-state index in [0.29, 0.717) is 0 Å². The highest BCUT2D eigenvalue weighted by molar-refractivity contribution is 5.94. The third-order valence-corrected chi connectivity index (χ3v) is 2.22. The number of rotatable bonds is 2. The molecule has 0 aliphatic carbocycles. The van der Waals surface area contributed by atoms with Crippen LogP contribution >= 0.6 is 0 Å². The van der Waals surface area contributed by atoms with Gasteiger partial charge in [-0.1, -0.05) is 30.9 Å². The molecule has 0 bridgehead atoms. The third-order valence-electron chi connectivity index (χ3n) is 2.22. The van der Waals surface area contributed by atoms with Gasteiger partial charge in [0.15, 0.2) is 0 Å². The minimum absolute atomic E-state index is 0.114. The van der Waals surface area contributed by atoms with Crippen molar-refractivity contribution in [3.63, 3.8) is 0 Å². The first-order chi connectivity index (χ1) is 6.90. The van der Waals surface area contributed by atoms with E-state index >= 15 is 0 Å². The summed E-state index contributed by atoms with van der Waals surface area (Å²) in [6.45, 7) is 4.55. The van der Waals surface area contributed by atoms with E-state index in [1.807, 2.05) is 36.4 Å². The lowest BCUT2D eigenvalue weighted by molar-refractivity contribution is 0.213. The molecule has 72 valence electrons. The Morgan fingerprint density at radius 2 is 2.14 bits per heavy atom. The standard InChI is InChI=1S/C12H13NO/c1-2-11-8-9-13-12(14-11)10-6-4-3-5-7-10/h2-7,11H,1,8-9H2. The summed E-state index contributed by atoms with van der Waals surface area (Å²) < 4.78 is 5.65. The van der Waals surface area contributed by atoms with Gasteiger partial charge in [-0.05, 0) is 12.1 Å². The van der Waals surface area contributed by atoms with Crippen molar-refractivity contribution in [2.75, 3.05) is 6.54 Å². The first kappa shape index (κ1) is 9.00. The largest absolute Gasteiger partial charge is 0.470 e. The molecule has 0 radical (unpaired) electrons. The minimum Gasteiger partial charge on any atom is -0.470 e. The number of benzene rings is 1. The Bertz CT molecular complexity index is 343. The minimum atomic E-state index is 0.114. The highest BCUT2D eigenvalue weighted by atomic mass is 16.5. The summed E-state index contributed by atoms with van der Waals surface area (Å²) in [5, 5.41) is 0. The molecule has 0 amide bonds. The molecule has 14 heavy (non-hydrogen) atoms. The Morgan fingerprint density at radius 3 is 2.86 bits per heavy atom. The lowest BCUT2D eigenvalue weighted by Crippen LogP contribution is -2.22. The smallest absolute Gasteiger partial charge is 0.216 e. The molecule has 1 aromatic carbocycles. The van der Waals surface area contributed by atoms with Gasteiger partial charge >= 0.3 is 0 Å². The van der Waals surface area contributed by atoms with Crippen LogP contribution in [0.4, 0.5) is 0 Å². The predicted molar refractivity (Wildman–Crippen MR) is 57.5 cm³/mol. The molecule has 1 atom stereocenters. The van der Waals surface area contributed by atoms with Gasteiger partial charge in [-0.15, -0.1) is 0 Å². The number of hydrogen-bond acceptors (Lipinski definition) is 2. The SMILES string of the molecule is C=CC1CCN=C(c2ccccc2)O1. The molecule has 1 unspecified atom stereocenters. The highest BCUT2D eigenvalue weighted by Crippen LogP contribution is 2.13. The summed E-state index contributed by atoms with van der Waals surface area (Å²) in [6, 6.07) is 9.96. The van der Waals surface area contributed by atoms with Crippen LogP contribution < -0.4 is 0 Å². The summed E-state index contributed by atoms with van der Waals surface area (Å²) >= 11 is 0. The Balaban J connectivity index is 2.19. The van der Waals surface area contributed by atoms with E-state index in [4.69, 9.17) is 4.74 Å². The van der Waals surface area contributed by atoms with Crippen LogP contribution in [0.5, 0.6) is 0 Å². The van der Waals surface area contributed by atoms with E-state index in [9.17, 15) is 0 Å². The second-order valence-electron chi connectivity index (χ2n) is 3.23. The van der Waals surface area contributed by atoms with Crippen LogP contribution in [-0.2, 0) is 4.74 Å². The van der Waals surface area contributed by atoms with E-state index in [2.05, 4.69) is 11.6 Å². The molecule has 1 aliphatic heterocycles. The van der Waals surface area contributed by atoms with Crippen LogP contribution in [-0.4, -0.2) is 18.5 Å². The number of hydrogen-bond donors (Lipinski definition) is 0. The average molecular weight is 187 g/mol. The number of ether oxygens (including phenoxy) is 1. The molecule has 2 rings (SSSR count). The molecule has 2 nitrogen and oxygen atoms in total. The summed E-state index contributed by atoms with van der Waals surface area (Å²) in [5.41, 5.74) is 1.04. The molecule has 0 aromatic heterocycles. The Hall–Kier alpha value is -1.57. The van der Waals surface area contributed by atoms with Crippen molar-refractivity contribution in [1.29, 1.82) is 0 Å². The van der Waals surface area contributed by atoms with Crippen molar-refractivity contribution < 1.29 is 4.74 Å². The highest BCUT2D eigenvalue weighted by Gasteiger charge is 2.15. The van der Waals surface area contributed by atoms with Crippen LogP contribution in [0.1, 0.15) is 12.0 Å². The van der Waals surface area contributed by atoms with Gasteiger partial charge in [-0.2, -0.15) is 0 Å². The topological polar surface area (TPSA) is 21.6 Å². The van der Waals surface area contributed by atoms with Gasteiger partial charge in [0.05, 0.1) is 0 Å². The maximum atomic E-state index is 5.65. The van der Waals surface area contributed by atoms with Gasteiger partial charge in [0, 0.05) is 18.5 Å². The Labute approximate surface area is 83.9 Å². The summed E-state index contributed by atoms with van der Waals surface area (Å²) in [7, 11) is 0. The summed E-state index contributed by atoms with van der Waals surface area (Å²) in [6.07, 6.45) is 2.87. The van der Waals surface area contributed by atoms with Crippen molar-refractivity contribution in [1.82, 2.24) is 0 Å². The van der Waals surface area contributed by atoms with Gasteiger partial charge < -0.3 is 4.74 Å². The van der Waals surface area contributed by atoms with Crippen LogP contribution in [0.3, 0.4) is 0 Å². The maximum Gasteiger partial charge on any atom is 0.216 e. The predicted octanol–water partition coefficient (Wildman–Crippen LogP) is 2.41. The zero-order valence-corrected chi connectivity index (χ0v) is 8.02. The van der Waals surface area contributed by atoms with Crippen LogP contribution in [0, 0.1) is 0 Å². The Morgan fingerprint density at radius 1 is 1.36 bits per heavy atom. The second kappa shape index (κ2) is 4.09. The molecule has 0 saturated heterocycles. The maximum absolute atomic E-state index is 5.65. The lowest BCUT2D eigenvalue weighted by atomic mass is 10.2. The summed E-state index contributed by atoms with van der Waals surface area (Å²) in [4.78, 5) is 4.34. The average Bonchev–Trinajstić information content (AvgIpc) is 2.30. The lowest BCUT2D eigenvalue weighted by Gasteiger charge is -2.20. The number of nitrogens with zero attached hydrogens (tertiary/aromatic N) is 1. The molecule has 0 saturated carbocycles. The van der Waals surface area contributed by atoms with Gasteiger partial charge in [-0.25, -0.2) is 0 Å². The van der Waals surface area contributed by atoms with Crippen molar-refractivity contribution in [3.8, 4) is 0 Å². The molecule has 0 spiro atoms. The molecular formula is C12H13NO. The molecule has 1 aromatic rings. The van der Waals surface area contributed by atoms with Crippen molar-refractivity contribution in [2.24, 2.45) is 4.99 Å². The molecule has 1 heterocycles. The molecule has 0 fully saturated rings. The van der Waals surface area contributed by atoms with Gasteiger partial charge in [-0.3, -0.25) is 4.99 Å². The van der Waals surface area contributed by atoms with E-state index in [1.54, 1.807) is 0 Å². The van der Waals surface area contributed by atoms with Crippen LogP contribution in [0.15, 0.2) is 48.0 Å². The van der Waals surface area contributed by atoms with Crippen molar-refractivity contribution >= 4 is 5.90 Å². The fraction of sp³-hybridized carbons (Fsp3) is 0.250. The van der Waals surface area contributed by atoms with Crippen molar-refractivity contribution in [2.45, 2.75) is 12.5 Å². The number of aliphatic imine (C=N–C) groups is 1. The fourth-order valence-electron chi connectivity index (χ4n) is 1.44. The second-order valence-corrected chi connectivity index (χ2v) is 3.23. The molecule has 1 aliphatic rings. The molecule has 2 heteroatoms. The van der Waals surface area contributed by atoms with Crippen LogP contribution in [0.2, 0.25) is 0 Å². The Kier molecular flexibility index (Phi) is 2.63. The normalized spacial score (nSPS) is 20.9. The van der Waals surface area contributed by atoms with Gasteiger partial charge in [0.1, 0.15) is 6.10 Å². The van der Waals surface area contributed by atoms with E-state index in [0.717, 1.165) is 24.4 Å². The first-order valence-electron chi connectivity index (χ1n) is 4.79. The zero-order chi connectivity index (χ0) is 9.80. The van der Waals surface area contributed by atoms with Crippen molar-refractivity contribution in [3.05, 3.63) is 48.6 Å². The van der Waals surface area contributed by atoms with Crippen LogP contribution in [0.25, 0.3) is 0 Å². The zero-order valence-electron chi connectivity index (χ0n) is 8.02. The molecule has 0 N–H and O–H groups in total. The van der Waals surface area contributed by atoms with E-state index in [1.165, 1.54) is 0 Å².